The van der Waals surface area contributed by atoms with E-state index in [9.17, 15) is 0 Å². The van der Waals surface area contributed by atoms with Crippen LogP contribution in [0.15, 0.2) is 42.5 Å². The molecule has 2 heterocycles. The first-order valence-corrected chi connectivity index (χ1v) is 12.6. The molecule has 0 saturated heterocycles. The first-order chi connectivity index (χ1) is 15.9. The molecule has 2 heteroatoms. The van der Waals surface area contributed by atoms with E-state index in [0.29, 0.717) is 5.92 Å². The number of ether oxygens (including phenoxy) is 1. The fraction of sp³-hybridized carbons (Fsp3) is 0.387. The lowest BCUT2D eigenvalue weighted by Crippen LogP contribution is -2.34. The van der Waals surface area contributed by atoms with Crippen molar-refractivity contribution in [2.75, 3.05) is 0 Å². The maximum absolute atomic E-state index is 6.73. The highest BCUT2D eigenvalue weighted by molar-refractivity contribution is 6.05. The Morgan fingerprint density at radius 2 is 1.79 bits per heavy atom. The molecule has 1 aromatic heterocycles. The molecular formula is C31H34NO+. The van der Waals surface area contributed by atoms with E-state index in [1.54, 1.807) is 0 Å². The van der Waals surface area contributed by atoms with Gasteiger partial charge in [0, 0.05) is 17.5 Å². The molecule has 2 aliphatic rings. The first kappa shape index (κ1) is 20.7. The summed E-state index contributed by atoms with van der Waals surface area (Å²) in [6, 6.07) is 16.1. The van der Waals surface area contributed by atoms with Crippen molar-refractivity contribution in [1.29, 1.82) is 0 Å². The van der Waals surface area contributed by atoms with Crippen LogP contribution in [0.2, 0.25) is 0 Å². The minimum atomic E-state index is 0.464. The molecule has 1 saturated carbocycles. The Labute approximate surface area is 197 Å². The summed E-state index contributed by atoms with van der Waals surface area (Å²) in [7, 11) is 2.21. The van der Waals surface area contributed by atoms with Crippen molar-refractivity contribution in [1.82, 2.24) is 0 Å². The number of aryl methyl sites for hydroxylation is 2. The lowest BCUT2D eigenvalue weighted by Gasteiger charge is -2.24. The quantitative estimate of drug-likeness (QED) is 0.261. The molecule has 0 spiro atoms. The predicted octanol–water partition coefficient (Wildman–Crippen LogP) is 8.06. The van der Waals surface area contributed by atoms with Gasteiger partial charge in [-0.3, -0.25) is 0 Å². The third-order valence-corrected chi connectivity index (χ3v) is 8.23. The fourth-order valence-electron chi connectivity index (χ4n) is 6.21. The zero-order valence-electron chi connectivity index (χ0n) is 20.6. The van der Waals surface area contributed by atoms with E-state index in [-0.39, 0.29) is 0 Å². The second kappa shape index (κ2) is 7.58. The lowest BCUT2D eigenvalue weighted by atomic mass is 9.87. The molecule has 0 N–H and O–H groups in total. The van der Waals surface area contributed by atoms with Crippen LogP contribution in [0.5, 0.6) is 11.5 Å². The molecule has 0 atom stereocenters. The normalized spacial score (nSPS) is 15.5. The summed E-state index contributed by atoms with van der Waals surface area (Å²) in [4.78, 5) is 0. The van der Waals surface area contributed by atoms with Gasteiger partial charge in [0.2, 0.25) is 5.52 Å². The van der Waals surface area contributed by atoms with Gasteiger partial charge in [-0.2, -0.15) is 4.57 Å². The first-order valence-electron chi connectivity index (χ1n) is 12.6. The highest BCUT2D eigenvalue weighted by atomic mass is 16.5. The Hall–Kier alpha value is -2.87. The number of hydrogen-bond acceptors (Lipinski definition) is 1. The van der Waals surface area contributed by atoms with Crippen LogP contribution in [0, 0.1) is 19.8 Å². The molecule has 4 aromatic rings. The zero-order chi connectivity index (χ0) is 22.9. The molecule has 0 bridgehead atoms. The number of benzene rings is 3. The zero-order valence-corrected chi connectivity index (χ0v) is 20.6. The Bertz CT molecular complexity index is 1420. The Kier molecular flexibility index (Phi) is 4.76. The van der Waals surface area contributed by atoms with Crippen molar-refractivity contribution in [3.63, 3.8) is 0 Å². The largest absolute Gasteiger partial charge is 0.450 e. The Morgan fingerprint density at radius 3 is 2.55 bits per heavy atom. The molecule has 1 aliphatic heterocycles. The average molecular weight is 437 g/mol. The van der Waals surface area contributed by atoms with Crippen molar-refractivity contribution >= 4 is 21.7 Å². The van der Waals surface area contributed by atoms with E-state index in [2.05, 4.69) is 81.8 Å². The Balaban J connectivity index is 1.64. The highest BCUT2D eigenvalue weighted by Gasteiger charge is 2.32. The molecular weight excluding hydrogens is 402 g/mol. The molecule has 0 amide bonds. The summed E-state index contributed by atoms with van der Waals surface area (Å²) in [5.41, 5.74) is 9.33. The smallest absolute Gasteiger partial charge is 0.256 e. The summed E-state index contributed by atoms with van der Waals surface area (Å²) >= 11 is 0. The monoisotopic (exact) mass is 436 g/mol. The predicted molar refractivity (Wildman–Crippen MR) is 137 cm³/mol. The van der Waals surface area contributed by atoms with Gasteiger partial charge in [-0.25, -0.2) is 0 Å². The number of nitrogens with zero attached hydrogens (tertiary/aromatic N) is 1. The molecule has 3 aromatic carbocycles. The van der Waals surface area contributed by atoms with Crippen LogP contribution in [-0.4, -0.2) is 0 Å². The SMILES string of the molecule is Cc1cc2cc(C(C)C)cc3c2c(c1C)-c1c(cc2c(CC4CCCC4)cccc2[n+]1C)O3. The average Bonchev–Trinajstić information content (AvgIpc) is 3.30. The van der Waals surface area contributed by atoms with E-state index in [1.165, 1.54) is 87.3 Å². The summed E-state index contributed by atoms with van der Waals surface area (Å²) in [5.74, 6) is 3.29. The van der Waals surface area contributed by atoms with E-state index >= 15 is 0 Å². The van der Waals surface area contributed by atoms with E-state index < -0.39 is 0 Å². The molecule has 6 rings (SSSR count). The van der Waals surface area contributed by atoms with Gasteiger partial charge in [-0.05, 0) is 65.8 Å². The van der Waals surface area contributed by atoms with Crippen LogP contribution in [0.4, 0.5) is 0 Å². The van der Waals surface area contributed by atoms with E-state index in [1.807, 2.05) is 0 Å². The number of rotatable bonds is 3. The maximum atomic E-state index is 6.73. The van der Waals surface area contributed by atoms with E-state index in [4.69, 9.17) is 4.74 Å². The number of aromatic nitrogens is 1. The third kappa shape index (κ3) is 3.18. The summed E-state index contributed by atoms with van der Waals surface area (Å²) in [6.45, 7) is 9.02. The minimum Gasteiger partial charge on any atom is -0.450 e. The number of fused-ring (bicyclic) bond motifs is 3. The van der Waals surface area contributed by atoms with Gasteiger partial charge in [-0.1, -0.05) is 63.8 Å². The van der Waals surface area contributed by atoms with Gasteiger partial charge in [-0.15, -0.1) is 0 Å². The second-order valence-corrected chi connectivity index (χ2v) is 10.7. The molecule has 33 heavy (non-hydrogen) atoms. The molecule has 2 nitrogen and oxygen atoms in total. The summed E-state index contributed by atoms with van der Waals surface area (Å²) in [5, 5.41) is 3.89. The lowest BCUT2D eigenvalue weighted by molar-refractivity contribution is -0.633. The number of hydrogen-bond donors (Lipinski definition) is 0. The molecule has 1 fully saturated rings. The standard InChI is InChI=1S/C31H34NO/c1-18(2)23-15-24-13-19(3)20(4)29-30(24)27(16-23)33-28-17-25-22(14-21-9-6-7-10-21)11-8-12-26(25)32(5)31(28)29/h8,11-13,15-18,21H,6-7,9-10,14H2,1-5H3/q+1. The third-order valence-electron chi connectivity index (χ3n) is 8.23. The van der Waals surface area contributed by atoms with Gasteiger partial charge >= 0.3 is 0 Å². The van der Waals surface area contributed by atoms with Crippen molar-refractivity contribution in [2.45, 2.75) is 65.7 Å². The summed E-state index contributed by atoms with van der Waals surface area (Å²) in [6.07, 6.45) is 6.70. The van der Waals surface area contributed by atoms with Gasteiger partial charge in [0.1, 0.15) is 12.8 Å². The van der Waals surface area contributed by atoms with Crippen molar-refractivity contribution in [2.24, 2.45) is 13.0 Å². The molecule has 0 unspecified atom stereocenters. The van der Waals surface area contributed by atoms with Crippen LogP contribution in [0.1, 0.15) is 67.7 Å². The topological polar surface area (TPSA) is 13.1 Å². The van der Waals surface area contributed by atoms with Gasteiger partial charge in [0.15, 0.2) is 5.75 Å². The molecule has 168 valence electrons. The van der Waals surface area contributed by atoms with Gasteiger partial charge in [0.05, 0.1) is 10.9 Å². The fourth-order valence-corrected chi connectivity index (χ4v) is 6.21. The number of pyridine rings is 1. The van der Waals surface area contributed by atoms with Crippen LogP contribution in [0.25, 0.3) is 32.9 Å². The van der Waals surface area contributed by atoms with Crippen LogP contribution < -0.4 is 9.30 Å². The van der Waals surface area contributed by atoms with Gasteiger partial charge < -0.3 is 4.74 Å². The van der Waals surface area contributed by atoms with Crippen molar-refractivity contribution in [3.05, 3.63) is 64.7 Å². The highest BCUT2D eigenvalue weighted by Crippen LogP contribution is 2.49. The van der Waals surface area contributed by atoms with Crippen molar-refractivity contribution in [3.8, 4) is 22.8 Å². The van der Waals surface area contributed by atoms with Crippen molar-refractivity contribution < 1.29 is 9.30 Å². The van der Waals surface area contributed by atoms with Crippen LogP contribution >= 0.6 is 0 Å². The molecule has 1 aliphatic carbocycles. The summed E-state index contributed by atoms with van der Waals surface area (Å²) < 4.78 is 9.11. The van der Waals surface area contributed by atoms with Crippen LogP contribution in [0.3, 0.4) is 0 Å². The minimum absolute atomic E-state index is 0.464. The second-order valence-electron chi connectivity index (χ2n) is 10.7. The van der Waals surface area contributed by atoms with Crippen LogP contribution in [-0.2, 0) is 13.5 Å². The van der Waals surface area contributed by atoms with E-state index in [0.717, 1.165) is 17.4 Å². The molecule has 0 radical (unpaired) electrons. The Morgan fingerprint density at radius 1 is 1.00 bits per heavy atom. The van der Waals surface area contributed by atoms with Gasteiger partial charge in [0.25, 0.3) is 5.69 Å². The maximum Gasteiger partial charge on any atom is 0.256 e.